The van der Waals surface area contributed by atoms with Crippen LogP contribution in [-0.2, 0) is 26.2 Å². The van der Waals surface area contributed by atoms with E-state index >= 15 is 4.39 Å². The Morgan fingerprint density at radius 2 is 1.60 bits per heavy atom. The third kappa shape index (κ3) is 10.8. The standard InChI is InChI=1S/C44H49F3N12O8S/c1-27-30-13-12-29(66-44(62)55(2)3)24-35(30)67-40(61)31(27)23-28-25-48-26-33(37(28)45)54-68(63,64)49-14-8-4-5-11-36(60)56-15-17-57(18-16-56)41-51-42(58-19-21-65-22-20-58)53-43(52-41)59-34-10-7-6-9-32(34)50-39(59)38(46)47/h6-7,9-10,12-13,24-26,38,49,54H,4-5,8,11,14-23H2,1-3H3. The fraction of sp³-hybridized carbons (Fsp3) is 0.409. The Morgan fingerprint density at radius 1 is 0.897 bits per heavy atom. The number of fused-ring (bicyclic) bond motifs is 2. The lowest BCUT2D eigenvalue weighted by Gasteiger charge is -2.35. The highest BCUT2D eigenvalue weighted by molar-refractivity contribution is 7.90. The van der Waals surface area contributed by atoms with E-state index in [9.17, 15) is 31.6 Å². The van der Waals surface area contributed by atoms with Gasteiger partial charge in [-0.05, 0) is 49.6 Å². The zero-order chi connectivity index (χ0) is 48.1. The number of unbranched alkanes of at least 4 members (excludes halogenated alkanes) is 2. The van der Waals surface area contributed by atoms with Gasteiger partial charge in [-0.1, -0.05) is 18.6 Å². The van der Waals surface area contributed by atoms with Gasteiger partial charge >= 0.3 is 11.7 Å². The van der Waals surface area contributed by atoms with Gasteiger partial charge in [-0.3, -0.25) is 19.1 Å². The number of aromatic nitrogens is 6. The number of piperazine rings is 1. The second-order valence-corrected chi connectivity index (χ2v) is 17.9. The van der Waals surface area contributed by atoms with Gasteiger partial charge in [0.25, 0.3) is 16.6 Å². The molecule has 24 heteroatoms. The molecular formula is C44H49F3N12O8S. The monoisotopic (exact) mass is 962 g/mol. The van der Waals surface area contributed by atoms with E-state index in [4.69, 9.17) is 18.9 Å². The first-order chi connectivity index (χ1) is 32.7. The van der Waals surface area contributed by atoms with Crippen molar-refractivity contribution in [3.05, 3.63) is 93.6 Å². The van der Waals surface area contributed by atoms with Gasteiger partial charge in [-0.25, -0.2) is 27.7 Å². The molecule has 8 rings (SSSR count). The van der Waals surface area contributed by atoms with Crippen LogP contribution < -0.4 is 29.6 Å². The topological polar surface area (TPSA) is 223 Å². The minimum atomic E-state index is -4.24. The summed E-state index contributed by atoms with van der Waals surface area (Å²) in [5, 5.41) is 0.532. The number of morpholine rings is 1. The average Bonchev–Trinajstić information content (AvgIpc) is 3.73. The number of ether oxygens (including phenoxy) is 2. The van der Waals surface area contributed by atoms with E-state index in [1.54, 1.807) is 42.2 Å². The molecule has 4 aromatic heterocycles. The highest BCUT2D eigenvalue weighted by Gasteiger charge is 2.28. The number of nitrogens with zero attached hydrogens (tertiary/aromatic N) is 10. The Labute approximate surface area is 388 Å². The third-order valence-corrected chi connectivity index (χ3v) is 12.6. The summed E-state index contributed by atoms with van der Waals surface area (Å²) >= 11 is 0. The molecular weight excluding hydrogens is 914 g/mol. The van der Waals surface area contributed by atoms with Crippen molar-refractivity contribution in [2.75, 3.05) is 87.6 Å². The molecule has 2 fully saturated rings. The molecule has 2 aliphatic heterocycles. The maximum atomic E-state index is 15.7. The minimum absolute atomic E-state index is 0.0123. The molecule has 0 unspecified atom stereocenters. The number of aryl methyl sites for hydroxylation is 1. The number of para-hydroxylation sites is 2. The minimum Gasteiger partial charge on any atom is -0.422 e. The largest absolute Gasteiger partial charge is 0.422 e. The number of anilines is 3. The summed E-state index contributed by atoms with van der Waals surface area (Å²) in [5.41, 5.74) is 0.391. The highest BCUT2D eigenvalue weighted by atomic mass is 32.2. The predicted octanol–water partition coefficient (Wildman–Crippen LogP) is 4.74. The van der Waals surface area contributed by atoms with Gasteiger partial charge in [0.05, 0.1) is 30.4 Å². The van der Waals surface area contributed by atoms with E-state index in [1.807, 2.05) is 9.80 Å². The van der Waals surface area contributed by atoms with Gasteiger partial charge in [0, 0.05) is 102 Å². The number of carbonyl (C=O) groups excluding carboxylic acids is 2. The van der Waals surface area contributed by atoms with Crippen LogP contribution in [0.25, 0.3) is 28.0 Å². The van der Waals surface area contributed by atoms with Gasteiger partial charge in [0.2, 0.25) is 23.8 Å². The summed E-state index contributed by atoms with van der Waals surface area (Å²) in [4.78, 5) is 67.2. The summed E-state index contributed by atoms with van der Waals surface area (Å²) in [6, 6.07) is 11.3. The number of halogens is 3. The number of amides is 2. The smallest absolute Gasteiger partial charge is 0.414 e. The lowest BCUT2D eigenvalue weighted by molar-refractivity contribution is -0.131. The maximum absolute atomic E-state index is 15.7. The van der Waals surface area contributed by atoms with Crippen molar-refractivity contribution in [2.45, 2.75) is 45.5 Å². The van der Waals surface area contributed by atoms with Crippen LogP contribution in [0.4, 0.5) is 35.5 Å². The Morgan fingerprint density at radius 3 is 2.32 bits per heavy atom. The van der Waals surface area contributed by atoms with Crippen LogP contribution in [0.5, 0.6) is 5.75 Å². The maximum Gasteiger partial charge on any atom is 0.414 e. The van der Waals surface area contributed by atoms with Crippen LogP contribution in [0.1, 0.15) is 54.6 Å². The van der Waals surface area contributed by atoms with Crippen molar-refractivity contribution in [2.24, 2.45) is 0 Å². The van der Waals surface area contributed by atoms with Crippen LogP contribution >= 0.6 is 0 Å². The molecule has 2 N–H and O–H groups in total. The Balaban J connectivity index is 0.818. The highest BCUT2D eigenvalue weighted by Crippen LogP contribution is 2.30. The van der Waals surface area contributed by atoms with E-state index in [2.05, 4.69) is 29.4 Å². The summed E-state index contributed by atoms with van der Waals surface area (Å²) < 4.78 is 92.3. The number of imidazole rings is 1. The summed E-state index contributed by atoms with van der Waals surface area (Å²) in [6.07, 6.45) is 0.115. The number of carbonyl (C=O) groups is 2. The first-order valence-electron chi connectivity index (χ1n) is 21.9. The van der Waals surface area contributed by atoms with Gasteiger partial charge in [0.15, 0.2) is 11.6 Å². The number of pyridine rings is 1. The van der Waals surface area contributed by atoms with E-state index in [1.165, 1.54) is 41.9 Å². The molecule has 6 heterocycles. The molecule has 0 spiro atoms. The predicted molar refractivity (Wildman–Crippen MR) is 244 cm³/mol. The molecule has 0 bridgehead atoms. The second-order valence-electron chi connectivity index (χ2n) is 16.4. The van der Waals surface area contributed by atoms with Crippen molar-refractivity contribution in [3.8, 4) is 11.7 Å². The zero-order valence-electron chi connectivity index (χ0n) is 37.5. The molecule has 6 aromatic rings. The lowest BCUT2D eigenvalue weighted by atomic mass is 10.00. The summed E-state index contributed by atoms with van der Waals surface area (Å²) in [6.45, 7) is 5.12. The van der Waals surface area contributed by atoms with Crippen LogP contribution in [0.3, 0.4) is 0 Å². The van der Waals surface area contributed by atoms with E-state index < -0.39 is 45.7 Å². The van der Waals surface area contributed by atoms with Crippen LogP contribution in [0.15, 0.2) is 64.1 Å². The van der Waals surface area contributed by atoms with Crippen molar-refractivity contribution in [1.82, 2.24) is 44.0 Å². The fourth-order valence-electron chi connectivity index (χ4n) is 7.88. The molecule has 2 aliphatic rings. The SMILES string of the molecule is Cc1c(Cc2cncc(NS(=O)(=O)NCCCCCC(=O)N3CCN(c4nc(N5CCOCC5)nc(-n5c(C(F)F)nc6ccccc65)n4)CC3)c2F)c(=O)oc2cc(OC(=O)N(C)C)ccc12. The normalized spacial score (nSPS) is 14.5. The molecule has 0 aliphatic carbocycles. The molecule has 0 saturated carbocycles. The van der Waals surface area contributed by atoms with Crippen molar-refractivity contribution in [3.63, 3.8) is 0 Å². The molecule has 0 radical (unpaired) electrons. The Hall–Kier alpha value is -6.92. The number of alkyl halides is 2. The van der Waals surface area contributed by atoms with E-state index in [0.29, 0.717) is 106 Å². The van der Waals surface area contributed by atoms with Crippen molar-refractivity contribution < 1.29 is 45.1 Å². The number of nitrogens with one attached hydrogen (secondary N) is 2. The average molecular weight is 963 g/mol. The van der Waals surface area contributed by atoms with Crippen molar-refractivity contribution in [1.29, 1.82) is 0 Å². The molecule has 2 amide bonds. The van der Waals surface area contributed by atoms with Gasteiger partial charge < -0.3 is 33.5 Å². The van der Waals surface area contributed by atoms with Gasteiger partial charge in [-0.15, -0.1) is 0 Å². The third-order valence-electron chi connectivity index (χ3n) is 11.5. The number of benzene rings is 2. The Kier molecular flexibility index (Phi) is 14.4. The van der Waals surface area contributed by atoms with E-state index in [-0.39, 0.29) is 53.7 Å². The zero-order valence-corrected chi connectivity index (χ0v) is 38.3. The fourth-order valence-corrected chi connectivity index (χ4v) is 8.79. The Bertz CT molecular complexity index is 3000. The molecule has 2 aromatic carbocycles. The van der Waals surface area contributed by atoms with Crippen molar-refractivity contribution >= 4 is 61.8 Å². The summed E-state index contributed by atoms with van der Waals surface area (Å²) in [5.74, 6) is -0.676. The number of rotatable bonds is 16. The number of hydrogen-bond acceptors (Lipinski definition) is 15. The molecule has 2 saturated heterocycles. The first-order valence-corrected chi connectivity index (χ1v) is 23.4. The van der Waals surface area contributed by atoms with Gasteiger partial charge in [-0.2, -0.15) is 28.1 Å². The number of hydrogen-bond donors (Lipinski definition) is 2. The van der Waals surface area contributed by atoms with Crippen LogP contribution in [0.2, 0.25) is 0 Å². The van der Waals surface area contributed by atoms with E-state index in [0.717, 1.165) is 6.20 Å². The van der Waals surface area contributed by atoms with Crippen LogP contribution in [0, 0.1) is 12.7 Å². The molecule has 0 atom stereocenters. The second kappa shape index (κ2) is 20.5. The lowest BCUT2D eigenvalue weighted by Crippen LogP contribution is -2.49. The molecule has 360 valence electrons. The summed E-state index contributed by atoms with van der Waals surface area (Å²) in [7, 11) is -1.19. The first kappa shape index (κ1) is 47.6. The molecule has 20 nitrogen and oxygen atoms in total. The molecule has 68 heavy (non-hydrogen) atoms. The quantitative estimate of drug-likeness (QED) is 0.0988. The van der Waals surface area contributed by atoms with Gasteiger partial charge in [0.1, 0.15) is 17.0 Å². The van der Waals surface area contributed by atoms with Crippen LogP contribution in [-0.4, -0.2) is 133 Å².